The molecule has 1 heterocycles. The highest BCUT2D eigenvalue weighted by molar-refractivity contribution is 6.35. The molecule has 1 saturated heterocycles. The molecule has 2 amide bonds. The summed E-state index contributed by atoms with van der Waals surface area (Å²) >= 11 is 6.31. The molecule has 1 aromatic rings. The molecule has 10 nitrogen and oxygen atoms in total. The molecule has 42 heavy (non-hydrogen) atoms. The Morgan fingerprint density at radius 3 is 2.24 bits per heavy atom. The number of hydrogen-bond acceptors (Lipinski definition) is 6. The van der Waals surface area contributed by atoms with Gasteiger partial charge in [0.05, 0.1) is 29.7 Å². The first-order valence-corrected chi connectivity index (χ1v) is 14.1. The number of carbonyl (C=O) groups is 2. The number of primary amides is 1. The zero-order chi connectivity index (χ0) is 32.4. The van der Waals surface area contributed by atoms with Crippen LogP contribution in [-0.4, -0.2) is 60.2 Å². The lowest BCUT2D eigenvalue weighted by Gasteiger charge is -2.31. The first-order chi connectivity index (χ1) is 20.0. The van der Waals surface area contributed by atoms with Gasteiger partial charge in [0.25, 0.3) is 5.91 Å². The second-order valence-corrected chi connectivity index (χ2v) is 9.24. The van der Waals surface area contributed by atoms with Gasteiger partial charge in [0.2, 0.25) is 23.9 Å². The molecule has 0 aliphatic carbocycles. The number of carbonyl (C=O) groups excluding carboxylic acids is 2. The van der Waals surface area contributed by atoms with Crippen molar-refractivity contribution in [3.8, 4) is 5.75 Å². The van der Waals surface area contributed by atoms with Crippen LogP contribution in [0.1, 0.15) is 58.4 Å². The average Bonchev–Trinajstić information content (AvgIpc) is 2.99. The molecule has 0 bridgehead atoms. The van der Waals surface area contributed by atoms with Crippen LogP contribution in [0.4, 0.5) is 8.78 Å². The number of amides is 2. The Bertz CT molecular complexity index is 1180. The average molecular weight is 613 g/mol. The zero-order valence-electron chi connectivity index (χ0n) is 24.9. The van der Waals surface area contributed by atoms with Crippen molar-refractivity contribution in [1.29, 1.82) is 5.41 Å². The van der Waals surface area contributed by atoms with Crippen molar-refractivity contribution in [3.63, 3.8) is 0 Å². The fourth-order valence-corrected chi connectivity index (χ4v) is 3.99. The number of halogens is 3. The van der Waals surface area contributed by atoms with Gasteiger partial charge >= 0.3 is 0 Å². The van der Waals surface area contributed by atoms with Crippen LogP contribution in [-0.2, 0) is 9.59 Å². The van der Waals surface area contributed by atoms with E-state index < -0.39 is 23.4 Å². The summed E-state index contributed by atoms with van der Waals surface area (Å²) in [7, 11) is 1.20. The Labute approximate surface area is 252 Å². The summed E-state index contributed by atoms with van der Waals surface area (Å²) in [4.78, 5) is 25.7. The van der Waals surface area contributed by atoms with Crippen LogP contribution in [0.2, 0.25) is 0 Å². The van der Waals surface area contributed by atoms with E-state index in [1.54, 1.807) is 0 Å². The summed E-state index contributed by atoms with van der Waals surface area (Å²) < 4.78 is 34.4. The maximum Gasteiger partial charge on any atom is 0.256 e. The first-order valence-electron chi connectivity index (χ1n) is 13.7. The molecule has 234 valence electrons. The third-order valence-electron chi connectivity index (χ3n) is 6.19. The maximum absolute atomic E-state index is 14.5. The molecule has 0 unspecified atom stereocenters. The summed E-state index contributed by atoms with van der Waals surface area (Å²) in [5, 5.41) is 7.66. The summed E-state index contributed by atoms with van der Waals surface area (Å²) in [5.74, 6) is -3.78. The van der Waals surface area contributed by atoms with E-state index in [2.05, 4.69) is 13.5 Å². The van der Waals surface area contributed by atoms with Crippen molar-refractivity contribution < 1.29 is 27.7 Å². The van der Waals surface area contributed by atoms with E-state index in [1.165, 1.54) is 43.1 Å². The fourth-order valence-electron chi connectivity index (χ4n) is 3.77. The van der Waals surface area contributed by atoms with Crippen LogP contribution in [0.25, 0.3) is 5.70 Å². The van der Waals surface area contributed by atoms with Crippen LogP contribution >= 0.6 is 11.6 Å². The second kappa shape index (κ2) is 20.2. The number of piperidine rings is 1. The number of amidine groups is 1. The monoisotopic (exact) mass is 612 g/mol. The van der Waals surface area contributed by atoms with E-state index in [9.17, 15) is 18.4 Å². The lowest BCUT2D eigenvalue weighted by Crippen LogP contribution is -2.42. The molecule has 1 aliphatic rings. The molecule has 1 aliphatic heterocycles. The quantitative estimate of drug-likeness (QED) is 0.0834. The molecule has 9 N–H and O–H groups in total. The maximum atomic E-state index is 14.5. The fraction of sp³-hybridized carbons (Fsp3) is 0.448. The van der Waals surface area contributed by atoms with Crippen LogP contribution in [0.3, 0.4) is 0 Å². The van der Waals surface area contributed by atoms with E-state index >= 15 is 0 Å². The number of nitrogens with zero attached hydrogens (tertiary/aromatic N) is 2. The minimum absolute atomic E-state index is 0.00451. The predicted octanol–water partition coefficient (Wildman–Crippen LogP) is 3.77. The van der Waals surface area contributed by atoms with Gasteiger partial charge in [-0.15, -0.1) is 0 Å². The minimum Gasteiger partial charge on any atom is -0.494 e. The standard InChI is InChI=1S/C23H27ClF2N6O3.C4H11N.C2H6/c1-13(15-3-5-18(35-2)21(26)20(15)25)32(12-28)19(29)6-4-17(24)16(11-27)23(34)31-9-7-14(8-10-31)22(30)33;1-2-3-4-5;1-2/h3-5,11-12,14,28-29H,1,6-10H2,2H3,(H4,27,30,33,34);2-5H2,1H3;1-2H3/p+1/b17-4+,28-12?;;. The van der Waals surface area contributed by atoms with E-state index in [1.807, 2.05) is 13.8 Å². The summed E-state index contributed by atoms with van der Waals surface area (Å²) in [6, 6.07) is 2.48. The topological polar surface area (TPSA) is 178 Å². The van der Waals surface area contributed by atoms with Crippen molar-refractivity contribution in [2.45, 2.75) is 52.9 Å². The van der Waals surface area contributed by atoms with E-state index in [-0.39, 0.29) is 45.8 Å². The Morgan fingerprint density at radius 2 is 1.81 bits per heavy atom. The number of unbranched alkanes of at least 4 members (excludes halogenated alkanes) is 1. The van der Waals surface area contributed by atoms with E-state index in [0.29, 0.717) is 25.9 Å². The number of ether oxygens (including phenoxy) is 1. The molecule has 0 radical (unpaired) electrons. The molecule has 1 fully saturated rings. The lowest BCUT2D eigenvalue weighted by atomic mass is 9.96. The lowest BCUT2D eigenvalue weighted by molar-refractivity contribution is -0.288. The van der Waals surface area contributed by atoms with Gasteiger partial charge < -0.3 is 32.6 Å². The van der Waals surface area contributed by atoms with Gasteiger partial charge in [0, 0.05) is 25.2 Å². The van der Waals surface area contributed by atoms with Gasteiger partial charge in [-0.3, -0.25) is 9.59 Å². The van der Waals surface area contributed by atoms with Gasteiger partial charge in [-0.2, -0.15) is 9.80 Å². The van der Waals surface area contributed by atoms with Crippen molar-refractivity contribution in [2.24, 2.45) is 28.9 Å². The number of rotatable bonds is 11. The number of likely N-dealkylation sites (tertiary alicyclic amines) is 1. The Balaban J connectivity index is 0.00000216. The number of benzene rings is 1. The first kappa shape index (κ1) is 38.2. The van der Waals surface area contributed by atoms with Crippen LogP contribution in [0, 0.1) is 23.0 Å². The van der Waals surface area contributed by atoms with Crippen LogP contribution in [0.15, 0.2) is 41.6 Å². The smallest absolute Gasteiger partial charge is 0.256 e. The minimum atomic E-state index is -1.21. The van der Waals surface area contributed by atoms with Crippen LogP contribution in [0.5, 0.6) is 5.75 Å². The summed E-state index contributed by atoms with van der Waals surface area (Å²) in [6.45, 7) is 11.3. The normalized spacial score (nSPS) is 14.4. The van der Waals surface area contributed by atoms with Crippen molar-refractivity contribution in [1.82, 2.24) is 4.90 Å². The van der Waals surface area contributed by atoms with Gasteiger partial charge in [-0.1, -0.05) is 51.4 Å². The van der Waals surface area contributed by atoms with E-state index in [0.717, 1.165) is 23.7 Å². The Kier molecular flexibility index (Phi) is 18.4. The number of methoxy groups -OCH3 is 1. The zero-order valence-corrected chi connectivity index (χ0v) is 25.6. The molecular weight excluding hydrogens is 568 g/mol. The molecule has 0 saturated carbocycles. The molecule has 0 spiro atoms. The highest BCUT2D eigenvalue weighted by atomic mass is 35.5. The van der Waals surface area contributed by atoms with Gasteiger partial charge in [0.1, 0.15) is 5.70 Å². The SMILES string of the molecule is C=C(c1ccc(OC)c(F)c1F)[N+](C=N)=C(N)C/C=C(Cl)\C(=C/N)C(=O)N1CCC(C(N)=O)CC1.CC.CCCCN. The molecular formula is C29H45ClF2N7O3+. The van der Waals surface area contributed by atoms with Crippen molar-refractivity contribution >= 4 is 41.3 Å². The van der Waals surface area contributed by atoms with Crippen LogP contribution < -0.4 is 27.7 Å². The summed E-state index contributed by atoms with van der Waals surface area (Å²) in [5.41, 5.74) is 21.9. The van der Waals surface area contributed by atoms with E-state index in [4.69, 9.17) is 44.7 Å². The largest absolute Gasteiger partial charge is 0.494 e. The highest BCUT2D eigenvalue weighted by Crippen LogP contribution is 2.27. The molecule has 0 aromatic heterocycles. The highest BCUT2D eigenvalue weighted by Gasteiger charge is 2.28. The molecule has 1 aromatic carbocycles. The molecule has 13 heteroatoms. The molecule has 0 atom stereocenters. The molecule has 2 rings (SSSR count). The second-order valence-electron chi connectivity index (χ2n) is 8.83. The number of nitrogens with two attached hydrogens (primary N) is 4. The number of nitrogens with one attached hydrogen (secondary N) is 1. The van der Waals surface area contributed by atoms with Gasteiger partial charge in [-0.25, -0.2) is 8.97 Å². The number of hydrogen-bond donors (Lipinski definition) is 5. The third kappa shape index (κ3) is 10.9. The van der Waals surface area contributed by atoms with Crippen molar-refractivity contribution in [2.75, 3.05) is 26.7 Å². The van der Waals surface area contributed by atoms with Gasteiger partial charge in [-0.05, 0) is 37.9 Å². The predicted molar refractivity (Wildman–Crippen MR) is 165 cm³/mol. The Morgan fingerprint density at radius 1 is 1.21 bits per heavy atom. The summed E-state index contributed by atoms with van der Waals surface area (Å²) in [6.07, 6.45) is 6.46. The Hall–Kier alpha value is -3.77. The van der Waals surface area contributed by atoms with Gasteiger partial charge in [0.15, 0.2) is 11.6 Å². The third-order valence-corrected chi connectivity index (χ3v) is 6.55. The van der Waals surface area contributed by atoms with Crippen molar-refractivity contribution in [3.05, 3.63) is 58.8 Å².